The minimum Gasteiger partial charge on any atom is -0.396 e. The Morgan fingerprint density at radius 3 is 2.76 bits per heavy atom. The van der Waals surface area contributed by atoms with Gasteiger partial charge in [0.15, 0.2) is 0 Å². The van der Waals surface area contributed by atoms with Gasteiger partial charge in [0.2, 0.25) is 0 Å². The zero-order valence-corrected chi connectivity index (χ0v) is 12.4. The molecule has 5 nitrogen and oxygen atoms in total. The lowest BCUT2D eigenvalue weighted by Crippen LogP contribution is -2.28. The third kappa shape index (κ3) is 4.16. The molecule has 1 heterocycles. The van der Waals surface area contributed by atoms with E-state index >= 15 is 0 Å². The average molecular weight is 287 g/mol. The van der Waals surface area contributed by atoms with Gasteiger partial charge in [0.25, 0.3) is 5.91 Å². The minimum absolute atomic E-state index is 0.138. The monoisotopic (exact) mass is 287 g/mol. The molecule has 1 unspecified atom stereocenters. The van der Waals surface area contributed by atoms with Gasteiger partial charge in [0.1, 0.15) is 5.69 Å². The summed E-state index contributed by atoms with van der Waals surface area (Å²) in [4.78, 5) is 12.0. The van der Waals surface area contributed by atoms with Crippen LogP contribution in [0.1, 0.15) is 29.4 Å². The molecule has 0 radical (unpaired) electrons. The van der Waals surface area contributed by atoms with Crippen LogP contribution in [-0.2, 0) is 0 Å². The fourth-order valence-corrected chi connectivity index (χ4v) is 1.99. The van der Waals surface area contributed by atoms with Crippen molar-refractivity contribution in [2.75, 3.05) is 13.2 Å². The van der Waals surface area contributed by atoms with Gasteiger partial charge in [-0.15, -0.1) is 0 Å². The highest BCUT2D eigenvalue weighted by Gasteiger charge is 2.11. The highest BCUT2D eigenvalue weighted by atomic mass is 16.3. The largest absolute Gasteiger partial charge is 0.396 e. The van der Waals surface area contributed by atoms with Crippen LogP contribution in [0.25, 0.3) is 11.3 Å². The molecule has 2 rings (SSSR count). The molecular weight excluding hydrogens is 266 g/mol. The van der Waals surface area contributed by atoms with Gasteiger partial charge < -0.3 is 10.4 Å². The highest BCUT2D eigenvalue weighted by molar-refractivity contribution is 5.93. The Labute approximate surface area is 124 Å². The van der Waals surface area contributed by atoms with E-state index in [0.29, 0.717) is 18.7 Å². The Hall–Kier alpha value is -2.14. The summed E-state index contributed by atoms with van der Waals surface area (Å²) in [5.41, 5.74) is 3.36. The van der Waals surface area contributed by atoms with Gasteiger partial charge in [-0.1, -0.05) is 36.8 Å². The van der Waals surface area contributed by atoms with E-state index in [1.54, 1.807) is 6.07 Å². The first-order valence-electron chi connectivity index (χ1n) is 7.11. The maximum Gasteiger partial charge on any atom is 0.269 e. The number of aromatic nitrogens is 2. The van der Waals surface area contributed by atoms with E-state index < -0.39 is 0 Å². The first-order chi connectivity index (χ1) is 10.1. The summed E-state index contributed by atoms with van der Waals surface area (Å²) in [6.07, 6.45) is 0.678. The maximum atomic E-state index is 12.0. The number of amides is 1. The van der Waals surface area contributed by atoms with Crippen molar-refractivity contribution in [3.8, 4) is 11.3 Å². The van der Waals surface area contributed by atoms with Crippen LogP contribution < -0.4 is 5.32 Å². The lowest BCUT2D eigenvalue weighted by Gasteiger charge is -2.09. The maximum absolute atomic E-state index is 12.0. The van der Waals surface area contributed by atoms with Gasteiger partial charge >= 0.3 is 0 Å². The molecule has 0 fully saturated rings. The van der Waals surface area contributed by atoms with Gasteiger partial charge in [-0.3, -0.25) is 9.89 Å². The van der Waals surface area contributed by atoms with Crippen molar-refractivity contribution in [3.63, 3.8) is 0 Å². The normalized spacial score (nSPS) is 12.1. The van der Waals surface area contributed by atoms with Crippen LogP contribution in [0.3, 0.4) is 0 Å². The van der Waals surface area contributed by atoms with Crippen molar-refractivity contribution >= 4 is 5.91 Å². The molecular formula is C16H21N3O2. The molecule has 1 aromatic heterocycles. The zero-order valence-electron chi connectivity index (χ0n) is 12.4. The van der Waals surface area contributed by atoms with Crippen LogP contribution in [-0.4, -0.2) is 34.4 Å². The molecule has 0 spiro atoms. The predicted octanol–water partition coefficient (Wildman–Crippen LogP) is 2.13. The van der Waals surface area contributed by atoms with Crippen LogP contribution in [0.15, 0.2) is 30.3 Å². The second-order valence-electron chi connectivity index (χ2n) is 5.36. The van der Waals surface area contributed by atoms with Crippen molar-refractivity contribution in [2.24, 2.45) is 5.92 Å². The van der Waals surface area contributed by atoms with Crippen LogP contribution >= 0.6 is 0 Å². The highest BCUT2D eigenvalue weighted by Crippen LogP contribution is 2.18. The van der Waals surface area contributed by atoms with Crippen molar-refractivity contribution < 1.29 is 9.90 Å². The molecule has 0 saturated carbocycles. The molecule has 5 heteroatoms. The standard InChI is InChI=1S/C16H21N3O2/c1-11-3-5-13(6-4-11)14-9-15(19-18-14)16(21)17-10-12(2)7-8-20/h3-6,9,12,20H,7-8,10H2,1-2H3,(H,17,21)(H,18,19). The molecule has 0 saturated heterocycles. The average Bonchev–Trinajstić information content (AvgIpc) is 2.96. The zero-order chi connectivity index (χ0) is 15.2. The summed E-state index contributed by atoms with van der Waals surface area (Å²) in [6, 6.07) is 9.74. The SMILES string of the molecule is Cc1ccc(-c2cc(C(=O)NCC(C)CCO)[nH]n2)cc1. The molecule has 112 valence electrons. The Kier molecular flexibility index (Phi) is 5.11. The molecule has 1 aromatic carbocycles. The molecule has 21 heavy (non-hydrogen) atoms. The summed E-state index contributed by atoms with van der Waals surface area (Å²) in [7, 11) is 0. The Morgan fingerprint density at radius 1 is 1.38 bits per heavy atom. The summed E-state index contributed by atoms with van der Waals surface area (Å²) in [5.74, 6) is 0.0732. The quantitative estimate of drug-likeness (QED) is 0.761. The fourth-order valence-electron chi connectivity index (χ4n) is 1.99. The summed E-state index contributed by atoms with van der Waals surface area (Å²) in [6.45, 7) is 4.69. The van der Waals surface area contributed by atoms with E-state index in [1.165, 1.54) is 5.56 Å². The van der Waals surface area contributed by atoms with Gasteiger partial charge in [0, 0.05) is 18.7 Å². The number of aliphatic hydroxyl groups is 1. The molecule has 3 N–H and O–H groups in total. The van der Waals surface area contributed by atoms with Crippen molar-refractivity contribution in [3.05, 3.63) is 41.6 Å². The van der Waals surface area contributed by atoms with Crippen molar-refractivity contribution in [1.29, 1.82) is 0 Å². The molecule has 2 aromatic rings. The summed E-state index contributed by atoms with van der Waals surface area (Å²) < 4.78 is 0. The van der Waals surface area contributed by atoms with Crippen LogP contribution in [0.5, 0.6) is 0 Å². The van der Waals surface area contributed by atoms with Crippen molar-refractivity contribution in [1.82, 2.24) is 15.5 Å². The van der Waals surface area contributed by atoms with Crippen LogP contribution in [0, 0.1) is 12.8 Å². The van der Waals surface area contributed by atoms with E-state index in [2.05, 4.69) is 15.5 Å². The van der Waals surface area contributed by atoms with Crippen LogP contribution in [0.2, 0.25) is 0 Å². The number of carbonyl (C=O) groups is 1. The van der Waals surface area contributed by atoms with Crippen LogP contribution in [0.4, 0.5) is 0 Å². The van der Waals surface area contributed by atoms with Gasteiger partial charge in [-0.05, 0) is 25.3 Å². The Bertz CT molecular complexity index is 590. The first kappa shape index (κ1) is 15.3. The van der Waals surface area contributed by atoms with E-state index in [-0.39, 0.29) is 18.4 Å². The fraction of sp³-hybridized carbons (Fsp3) is 0.375. The lowest BCUT2D eigenvalue weighted by atomic mass is 10.1. The van der Waals surface area contributed by atoms with E-state index in [4.69, 9.17) is 5.11 Å². The number of carbonyl (C=O) groups excluding carboxylic acids is 1. The number of nitrogens with zero attached hydrogens (tertiary/aromatic N) is 1. The minimum atomic E-state index is -0.175. The third-order valence-corrected chi connectivity index (χ3v) is 3.40. The van der Waals surface area contributed by atoms with Gasteiger partial charge in [-0.25, -0.2) is 0 Å². The van der Waals surface area contributed by atoms with E-state index in [9.17, 15) is 4.79 Å². The summed E-state index contributed by atoms with van der Waals surface area (Å²) in [5, 5.41) is 18.6. The number of H-pyrrole nitrogens is 1. The number of hydrogen-bond acceptors (Lipinski definition) is 3. The molecule has 1 amide bonds. The molecule has 0 aliphatic rings. The van der Waals surface area contributed by atoms with E-state index in [1.807, 2.05) is 38.1 Å². The van der Waals surface area contributed by atoms with Crippen molar-refractivity contribution in [2.45, 2.75) is 20.3 Å². The van der Waals surface area contributed by atoms with Gasteiger partial charge in [0.05, 0.1) is 5.69 Å². The topological polar surface area (TPSA) is 78.0 Å². The smallest absolute Gasteiger partial charge is 0.269 e. The Balaban J connectivity index is 1.99. The number of hydrogen-bond donors (Lipinski definition) is 3. The molecule has 0 aliphatic heterocycles. The number of nitrogens with one attached hydrogen (secondary N) is 2. The van der Waals surface area contributed by atoms with Gasteiger partial charge in [-0.2, -0.15) is 5.10 Å². The first-order valence-corrected chi connectivity index (χ1v) is 7.11. The molecule has 0 bridgehead atoms. The lowest BCUT2D eigenvalue weighted by molar-refractivity contribution is 0.0940. The third-order valence-electron chi connectivity index (χ3n) is 3.40. The molecule has 1 atom stereocenters. The number of aliphatic hydroxyl groups excluding tert-OH is 1. The number of benzene rings is 1. The number of aromatic amines is 1. The predicted molar refractivity (Wildman–Crippen MR) is 82.0 cm³/mol. The van der Waals surface area contributed by atoms with E-state index in [0.717, 1.165) is 11.3 Å². The summed E-state index contributed by atoms with van der Waals surface area (Å²) >= 11 is 0. The number of aryl methyl sites for hydroxylation is 1. The Morgan fingerprint density at radius 2 is 2.10 bits per heavy atom. The second-order valence-corrected chi connectivity index (χ2v) is 5.36. The molecule has 0 aliphatic carbocycles. The second kappa shape index (κ2) is 7.04. The number of rotatable bonds is 6.